The number of guanidine groups is 1. The van der Waals surface area contributed by atoms with E-state index in [1.807, 2.05) is 12.1 Å². The first kappa shape index (κ1) is 22.8. The number of sulfonamides is 1. The number of benzene rings is 1. The molecule has 2 aliphatic rings. The Kier molecular flexibility index (Phi) is 5.60. The zero-order valence-electron chi connectivity index (χ0n) is 18.9. The first-order chi connectivity index (χ1) is 14.9. The second-order valence-electron chi connectivity index (χ2n) is 9.54. The van der Waals surface area contributed by atoms with Crippen LogP contribution in [0.2, 0.25) is 25.7 Å². The molecule has 1 atom stereocenters. The van der Waals surface area contributed by atoms with E-state index in [9.17, 15) is 8.42 Å². The summed E-state index contributed by atoms with van der Waals surface area (Å²) in [7, 11) is -4.67. The first-order valence-corrected chi connectivity index (χ1v) is 16.1. The van der Waals surface area contributed by atoms with Crippen molar-refractivity contribution >= 4 is 35.6 Å². The number of nitrogens with one attached hydrogen (secondary N) is 1. The number of aliphatic imine (C=N–C) groups is 1. The van der Waals surface area contributed by atoms with Crippen molar-refractivity contribution in [3.8, 4) is 0 Å². The summed E-state index contributed by atoms with van der Waals surface area (Å²) < 4.78 is 33.8. The molecule has 0 saturated heterocycles. The molecule has 0 fully saturated rings. The summed E-state index contributed by atoms with van der Waals surface area (Å²) in [6.45, 7) is 8.16. The average Bonchev–Trinajstić information content (AvgIpc) is 3.28. The zero-order valence-corrected chi connectivity index (χ0v) is 20.7. The van der Waals surface area contributed by atoms with E-state index in [0.29, 0.717) is 42.2 Å². The van der Waals surface area contributed by atoms with Crippen LogP contribution in [0.15, 0.2) is 29.4 Å². The number of rotatable bonds is 7. The summed E-state index contributed by atoms with van der Waals surface area (Å²) in [5.41, 5.74) is 14.3. The molecule has 32 heavy (non-hydrogen) atoms. The molecule has 0 amide bonds. The standard InChI is InChI=1S/C20H31N7O3SSi/c1-31(28,29)27-9-8-14-6-5-7-15(17(14)27)20(22)16-12-23-26(18(16)24-19(21)25-20)13-30-10-11-32(2,3)4/h5-7,12H,8-11,13,22H2,1-4H3,(H3,21,24,25). The number of fused-ring (bicyclic) bond motifs is 2. The Morgan fingerprint density at radius 1 is 1.28 bits per heavy atom. The molecule has 0 bridgehead atoms. The second kappa shape index (κ2) is 7.87. The molecule has 12 heteroatoms. The molecule has 0 spiro atoms. The van der Waals surface area contributed by atoms with Gasteiger partial charge in [0.05, 0.1) is 23.7 Å². The molecule has 2 aromatic rings. The van der Waals surface area contributed by atoms with Crippen molar-refractivity contribution in [2.75, 3.05) is 29.0 Å². The van der Waals surface area contributed by atoms with E-state index in [0.717, 1.165) is 11.6 Å². The van der Waals surface area contributed by atoms with E-state index < -0.39 is 23.8 Å². The molecule has 1 aromatic carbocycles. The summed E-state index contributed by atoms with van der Waals surface area (Å²) >= 11 is 0. The van der Waals surface area contributed by atoms with Gasteiger partial charge in [-0.3, -0.25) is 10.0 Å². The van der Waals surface area contributed by atoms with Crippen molar-refractivity contribution in [1.82, 2.24) is 9.78 Å². The summed E-state index contributed by atoms with van der Waals surface area (Å²) in [6.07, 6.45) is 3.45. The summed E-state index contributed by atoms with van der Waals surface area (Å²) in [5, 5.41) is 7.49. The highest BCUT2D eigenvalue weighted by Crippen LogP contribution is 2.44. The van der Waals surface area contributed by atoms with Gasteiger partial charge in [0.1, 0.15) is 12.5 Å². The predicted octanol–water partition coefficient (Wildman–Crippen LogP) is 1.42. The number of nitrogens with zero attached hydrogens (tertiary/aromatic N) is 4. The first-order valence-electron chi connectivity index (χ1n) is 10.6. The van der Waals surface area contributed by atoms with Crippen LogP contribution < -0.4 is 21.1 Å². The number of hydrogen-bond donors (Lipinski definition) is 3. The fourth-order valence-electron chi connectivity index (χ4n) is 4.09. The molecule has 3 heterocycles. The van der Waals surface area contributed by atoms with Crippen molar-refractivity contribution in [3.05, 3.63) is 41.1 Å². The molecular formula is C20H31N7O3SSi. The number of anilines is 2. The van der Waals surface area contributed by atoms with Crippen molar-refractivity contribution in [2.45, 2.75) is 44.5 Å². The van der Waals surface area contributed by atoms with Crippen molar-refractivity contribution in [2.24, 2.45) is 16.5 Å². The molecule has 0 radical (unpaired) electrons. The maximum atomic E-state index is 12.4. The predicted molar refractivity (Wildman–Crippen MR) is 129 cm³/mol. The number of ether oxygens (including phenoxy) is 1. The third-order valence-electron chi connectivity index (χ3n) is 5.77. The molecule has 5 N–H and O–H groups in total. The molecule has 10 nitrogen and oxygen atoms in total. The largest absolute Gasteiger partial charge is 0.370 e. The lowest BCUT2D eigenvalue weighted by atomic mass is 9.90. The molecule has 0 saturated carbocycles. The normalized spacial score (nSPS) is 20.5. The number of aromatic nitrogens is 2. The van der Waals surface area contributed by atoms with Crippen molar-refractivity contribution < 1.29 is 13.2 Å². The number of nitrogens with two attached hydrogens (primary N) is 2. The minimum absolute atomic E-state index is 0.130. The second-order valence-corrected chi connectivity index (χ2v) is 17.1. The van der Waals surface area contributed by atoms with Crippen molar-refractivity contribution in [1.29, 1.82) is 0 Å². The van der Waals surface area contributed by atoms with Gasteiger partial charge in [0.2, 0.25) is 10.0 Å². The maximum Gasteiger partial charge on any atom is 0.232 e. The van der Waals surface area contributed by atoms with Crippen LogP contribution in [0.3, 0.4) is 0 Å². The Morgan fingerprint density at radius 2 is 2.03 bits per heavy atom. The van der Waals surface area contributed by atoms with E-state index in [4.69, 9.17) is 16.2 Å². The van der Waals surface area contributed by atoms with Crippen LogP contribution in [0.5, 0.6) is 0 Å². The Bertz CT molecular complexity index is 1170. The van der Waals surface area contributed by atoms with Crippen LogP contribution >= 0.6 is 0 Å². The van der Waals surface area contributed by atoms with Crippen LogP contribution in [0, 0.1) is 0 Å². The van der Waals surface area contributed by atoms with Crippen LogP contribution in [-0.2, 0) is 33.6 Å². The van der Waals surface area contributed by atoms with Gasteiger partial charge in [-0.25, -0.2) is 18.1 Å². The van der Waals surface area contributed by atoms with E-state index >= 15 is 0 Å². The lowest BCUT2D eigenvalue weighted by Gasteiger charge is -2.33. The highest BCUT2D eigenvalue weighted by molar-refractivity contribution is 7.92. The fourth-order valence-corrected chi connectivity index (χ4v) is 5.82. The fraction of sp³-hybridized carbons (Fsp3) is 0.500. The van der Waals surface area contributed by atoms with Gasteiger partial charge in [0, 0.05) is 26.8 Å². The van der Waals surface area contributed by atoms with Gasteiger partial charge in [-0.05, 0) is 18.0 Å². The molecular weight excluding hydrogens is 446 g/mol. The van der Waals surface area contributed by atoms with Gasteiger partial charge in [0.25, 0.3) is 0 Å². The van der Waals surface area contributed by atoms with Crippen LogP contribution in [0.4, 0.5) is 11.5 Å². The van der Waals surface area contributed by atoms with Gasteiger partial charge in [-0.15, -0.1) is 0 Å². The SMILES string of the molecule is C[Si](C)(C)CCOCn1ncc2c1NC(N)=NC2(N)c1cccc2c1N(S(C)(=O)=O)CC2. The molecule has 4 rings (SSSR count). The Hall–Kier alpha value is -2.41. The molecule has 1 unspecified atom stereocenters. The van der Waals surface area contributed by atoms with Crippen LogP contribution in [0.1, 0.15) is 16.7 Å². The van der Waals surface area contributed by atoms with E-state index in [-0.39, 0.29) is 12.7 Å². The molecule has 174 valence electrons. The van der Waals surface area contributed by atoms with Crippen LogP contribution in [-0.4, -0.2) is 51.6 Å². The highest BCUT2D eigenvalue weighted by Gasteiger charge is 2.43. The number of hydrogen-bond acceptors (Lipinski definition) is 8. The zero-order chi connectivity index (χ0) is 23.3. The lowest BCUT2D eigenvalue weighted by Crippen LogP contribution is -2.45. The monoisotopic (exact) mass is 477 g/mol. The summed E-state index contributed by atoms with van der Waals surface area (Å²) in [5.74, 6) is 0.722. The highest BCUT2D eigenvalue weighted by atomic mass is 32.2. The average molecular weight is 478 g/mol. The van der Waals surface area contributed by atoms with Crippen molar-refractivity contribution in [3.63, 3.8) is 0 Å². The minimum Gasteiger partial charge on any atom is -0.370 e. The minimum atomic E-state index is -3.47. The van der Waals surface area contributed by atoms with E-state index in [1.54, 1.807) is 16.9 Å². The molecule has 0 aliphatic carbocycles. The van der Waals surface area contributed by atoms with Gasteiger partial charge < -0.3 is 15.8 Å². The van der Waals surface area contributed by atoms with E-state index in [1.165, 1.54) is 10.6 Å². The van der Waals surface area contributed by atoms with Gasteiger partial charge >= 0.3 is 0 Å². The molecule has 1 aromatic heterocycles. The topological polar surface area (TPSA) is 141 Å². The molecule has 2 aliphatic heterocycles. The summed E-state index contributed by atoms with van der Waals surface area (Å²) in [4.78, 5) is 4.51. The third kappa shape index (κ3) is 4.15. The Labute approximate surface area is 189 Å². The van der Waals surface area contributed by atoms with Crippen LogP contribution in [0.25, 0.3) is 0 Å². The van der Waals surface area contributed by atoms with Gasteiger partial charge in [-0.2, -0.15) is 5.10 Å². The number of para-hydroxylation sites is 1. The lowest BCUT2D eigenvalue weighted by molar-refractivity contribution is 0.0800. The third-order valence-corrected chi connectivity index (χ3v) is 8.64. The van der Waals surface area contributed by atoms with Gasteiger partial charge in [0.15, 0.2) is 11.6 Å². The smallest absolute Gasteiger partial charge is 0.232 e. The summed E-state index contributed by atoms with van der Waals surface area (Å²) in [6, 6.07) is 6.63. The quantitative estimate of drug-likeness (QED) is 0.404. The Balaban J connectivity index is 1.72. The Morgan fingerprint density at radius 3 is 2.72 bits per heavy atom. The van der Waals surface area contributed by atoms with E-state index in [2.05, 4.69) is 35.0 Å². The maximum absolute atomic E-state index is 12.4. The van der Waals surface area contributed by atoms with Gasteiger partial charge in [-0.1, -0.05) is 37.8 Å².